The summed E-state index contributed by atoms with van der Waals surface area (Å²) in [6, 6.07) is 17.2. The molecule has 0 aromatic heterocycles. The molecule has 2 aromatic carbocycles. The van der Waals surface area contributed by atoms with Gasteiger partial charge in [-0.05, 0) is 23.3 Å². The molecule has 0 saturated carbocycles. The lowest BCUT2D eigenvalue weighted by atomic mass is 10.2. The Kier molecular flexibility index (Phi) is 9.41. The van der Waals surface area contributed by atoms with Crippen LogP contribution in [0.2, 0.25) is 0 Å². The number of hydrogen-bond acceptors (Lipinski definition) is 2. The summed E-state index contributed by atoms with van der Waals surface area (Å²) in [4.78, 5) is 15.1. The van der Waals surface area contributed by atoms with E-state index in [-0.39, 0.29) is 11.7 Å². The molecule has 0 aliphatic carbocycles. The van der Waals surface area contributed by atoms with Crippen molar-refractivity contribution in [1.82, 2.24) is 5.32 Å². The maximum atomic E-state index is 13.6. The first kappa shape index (κ1) is 22.5. The van der Waals surface area contributed by atoms with Crippen LogP contribution in [0.1, 0.15) is 11.1 Å². The molecule has 1 amide bonds. The Morgan fingerprint density at radius 3 is 2.47 bits per heavy atom. The fourth-order valence-electron chi connectivity index (χ4n) is 3.61. The molecule has 4 nitrogen and oxygen atoms in total. The van der Waals surface area contributed by atoms with E-state index in [2.05, 4.69) is 41.7 Å². The predicted octanol–water partition coefficient (Wildman–Crippen LogP) is 0.672. The van der Waals surface area contributed by atoms with E-state index in [1.807, 2.05) is 18.2 Å². The Hall–Kier alpha value is -2.15. The highest BCUT2D eigenvalue weighted by Crippen LogP contribution is 2.14. The molecule has 0 atom stereocenters. The van der Waals surface area contributed by atoms with Crippen LogP contribution in [0, 0.1) is 5.82 Å². The summed E-state index contributed by atoms with van der Waals surface area (Å²) in [6.45, 7) is 6.47. The smallest absolute Gasteiger partial charge is 0.275 e. The minimum Gasteiger partial charge on any atom is -0.350 e. The Bertz CT molecular complexity index is 807. The van der Waals surface area contributed by atoms with E-state index < -0.39 is 0 Å². The molecular formula is C24H32FN3OS+2. The van der Waals surface area contributed by atoms with Crippen LogP contribution >= 0.6 is 11.8 Å². The number of thioether (sulfide) groups is 1. The summed E-state index contributed by atoms with van der Waals surface area (Å²) in [6.07, 6.45) is 4.44. The van der Waals surface area contributed by atoms with Crippen molar-refractivity contribution in [2.75, 3.05) is 51.6 Å². The molecule has 1 fully saturated rings. The van der Waals surface area contributed by atoms with Gasteiger partial charge in [-0.1, -0.05) is 54.6 Å². The summed E-state index contributed by atoms with van der Waals surface area (Å²) < 4.78 is 13.6. The van der Waals surface area contributed by atoms with E-state index in [4.69, 9.17) is 0 Å². The molecule has 1 saturated heterocycles. The van der Waals surface area contributed by atoms with Crippen molar-refractivity contribution in [1.29, 1.82) is 0 Å². The van der Waals surface area contributed by atoms with E-state index in [0.29, 0.717) is 18.8 Å². The Morgan fingerprint density at radius 1 is 1.00 bits per heavy atom. The highest BCUT2D eigenvalue weighted by atomic mass is 32.2. The van der Waals surface area contributed by atoms with Gasteiger partial charge in [0.05, 0.1) is 6.54 Å². The molecule has 0 unspecified atom stereocenters. The van der Waals surface area contributed by atoms with Gasteiger partial charge in [0.1, 0.15) is 32.0 Å². The fourth-order valence-corrected chi connectivity index (χ4v) is 4.46. The summed E-state index contributed by atoms with van der Waals surface area (Å²) in [5.41, 5.74) is 1.96. The minimum atomic E-state index is -0.158. The highest BCUT2D eigenvalue weighted by molar-refractivity contribution is 7.98. The van der Waals surface area contributed by atoms with Crippen LogP contribution in [0.25, 0.3) is 6.08 Å². The second kappa shape index (κ2) is 12.5. The van der Waals surface area contributed by atoms with Crippen LogP contribution in [0.4, 0.5) is 4.39 Å². The van der Waals surface area contributed by atoms with Crippen LogP contribution in [0.3, 0.4) is 0 Å². The summed E-state index contributed by atoms with van der Waals surface area (Å²) in [7, 11) is 0. The quantitative estimate of drug-likeness (QED) is 0.486. The van der Waals surface area contributed by atoms with E-state index in [1.54, 1.807) is 22.7 Å². The average Bonchev–Trinajstić information content (AvgIpc) is 2.77. The van der Waals surface area contributed by atoms with E-state index >= 15 is 0 Å². The molecule has 0 spiro atoms. The van der Waals surface area contributed by atoms with E-state index in [1.165, 1.54) is 16.5 Å². The third-order valence-electron chi connectivity index (χ3n) is 5.38. The third-order valence-corrected chi connectivity index (χ3v) is 6.38. The molecule has 1 heterocycles. The summed E-state index contributed by atoms with van der Waals surface area (Å²) in [5.74, 6) is 1.39. The number of halogens is 1. The molecule has 3 rings (SSSR count). The topological polar surface area (TPSA) is 38.0 Å². The number of benzene rings is 2. The summed E-state index contributed by atoms with van der Waals surface area (Å²) >= 11 is 1.64. The first-order valence-electron chi connectivity index (χ1n) is 10.7. The van der Waals surface area contributed by atoms with Crippen LogP contribution in [0.15, 0.2) is 60.7 Å². The normalized spacial score (nSPS) is 19.1. The lowest BCUT2D eigenvalue weighted by Gasteiger charge is -2.28. The van der Waals surface area contributed by atoms with Gasteiger partial charge in [0.2, 0.25) is 0 Å². The van der Waals surface area contributed by atoms with Gasteiger partial charge in [-0.15, -0.1) is 0 Å². The van der Waals surface area contributed by atoms with Crippen molar-refractivity contribution in [2.45, 2.75) is 5.75 Å². The SMILES string of the molecule is O=C(C[NH+]1CC[NH+](C/C=C/c2ccccc2)CC1)NCCSCc1ccccc1F. The lowest BCUT2D eigenvalue weighted by Crippen LogP contribution is -3.28. The zero-order valence-corrected chi connectivity index (χ0v) is 18.2. The first-order valence-corrected chi connectivity index (χ1v) is 11.8. The number of piperazine rings is 1. The standard InChI is InChI=1S/C24H30FN3OS/c25-23-11-5-4-10-22(23)20-30-18-12-26-24(29)19-28-16-14-27(15-17-28)13-6-9-21-7-2-1-3-8-21/h1-11H,12-20H2,(H,26,29)/p+2/b9-6+. The number of carbonyl (C=O) groups excluding carboxylic acids is 1. The zero-order chi connectivity index (χ0) is 21.0. The van der Waals surface area contributed by atoms with Gasteiger partial charge in [0.25, 0.3) is 5.91 Å². The second-order valence-corrected chi connectivity index (χ2v) is 8.79. The van der Waals surface area contributed by atoms with Gasteiger partial charge >= 0.3 is 0 Å². The van der Waals surface area contributed by atoms with Gasteiger partial charge < -0.3 is 15.1 Å². The van der Waals surface area contributed by atoms with Crippen LogP contribution in [-0.2, 0) is 10.5 Å². The maximum absolute atomic E-state index is 13.6. The molecule has 3 N–H and O–H groups in total. The van der Waals surface area contributed by atoms with Crippen molar-refractivity contribution in [3.05, 3.63) is 77.6 Å². The van der Waals surface area contributed by atoms with Crippen LogP contribution in [-0.4, -0.2) is 57.5 Å². The largest absolute Gasteiger partial charge is 0.350 e. The molecule has 160 valence electrons. The molecule has 6 heteroatoms. The van der Waals surface area contributed by atoms with Crippen molar-refractivity contribution in [2.24, 2.45) is 0 Å². The number of amides is 1. The van der Waals surface area contributed by atoms with Crippen LogP contribution < -0.4 is 15.1 Å². The molecule has 1 aliphatic heterocycles. The van der Waals surface area contributed by atoms with Crippen molar-refractivity contribution >= 4 is 23.7 Å². The predicted molar refractivity (Wildman–Crippen MR) is 122 cm³/mol. The monoisotopic (exact) mass is 429 g/mol. The maximum Gasteiger partial charge on any atom is 0.275 e. The van der Waals surface area contributed by atoms with E-state index in [9.17, 15) is 9.18 Å². The molecule has 1 aliphatic rings. The number of carbonyl (C=O) groups is 1. The zero-order valence-electron chi connectivity index (χ0n) is 17.4. The van der Waals surface area contributed by atoms with Crippen molar-refractivity contribution in [3.63, 3.8) is 0 Å². The molecule has 0 radical (unpaired) electrons. The number of hydrogen-bond donors (Lipinski definition) is 3. The number of rotatable bonds is 10. The Morgan fingerprint density at radius 2 is 1.70 bits per heavy atom. The van der Waals surface area contributed by atoms with Gasteiger partial charge in [0.15, 0.2) is 6.54 Å². The van der Waals surface area contributed by atoms with Gasteiger partial charge in [-0.2, -0.15) is 11.8 Å². The molecule has 2 aromatic rings. The lowest BCUT2D eigenvalue weighted by molar-refractivity contribution is -1.01. The van der Waals surface area contributed by atoms with E-state index in [0.717, 1.165) is 44.0 Å². The Labute approximate surface area is 183 Å². The van der Waals surface area contributed by atoms with Gasteiger partial charge in [0, 0.05) is 18.1 Å². The van der Waals surface area contributed by atoms with Crippen molar-refractivity contribution < 1.29 is 19.0 Å². The van der Waals surface area contributed by atoms with Crippen LogP contribution in [0.5, 0.6) is 0 Å². The first-order chi connectivity index (χ1) is 14.7. The number of quaternary nitrogens is 2. The summed E-state index contributed by atoms with van der Waals surface area (Å²) in [5, 5.41) is 3.00. The average molecular weight is 430 g/mol. The minimum absolute atomic E-state index is 0.115. The molecular weight excluding hydrogens is 397 g/mol. The highest BCUT2D eigenvalue weighted by Gasteiger charge is 2.23. The molecule has 30 heavy (non-hydrogen) atoms. The molecule has 0 bridgehead atoms. The van der Waals surface area contributed by atoms with Gasteiger partial charge in [-0.3, -0.25) is 4.79 Å². The van der Waals surface area contributed by atoms with Crippen molar-refractivity contribution in [3.8, 4) is 0 Å². The second-order valence-electron chi connectivity index (χ2n) is 7.69. The Balaban J connectivity index is 1.24. The fraction of sp³-hybridized carbons (Fsp3) is 0.375. The third kappa shape index (κ3) is 7.94. The van der Waals surface area contributed by atoms with Gasteiger partial charge in [-0.25, -0.2) is 4.39 Å². The number of nitrogens with one attached hydrogen (secondary N) is 3.